The summed E-state index contributed by atoms with van der Waals surface area (Å²) in [5.41, 5.74) is 0.641. The Bertz CT molecular complexity index is 1140. The number of nitrogens with one attached hydrogen (secondary N) is 1. The minimum atomic E-state index is -1.07. The Labute approximate surface area is 186 Å². The topological polar surface area (TPSA) is 57.6 Å². The van der Waals surface area contributed by atoms with E-state index in [0.717, 1.165) is 22.4 Å². The summed E-state index contributed by atoms with van der Waals surface area (Å²) in [4.78, 5) is 19.1. The zero-order valence-corrected chi connectivity index (χ0v) is 18.2. The molecule has 0 bridgehead atoms. The van der Waals surface area contributed by atoms with Gasteiger partial charge in [-0.25, -0.2) is 18.2 Å². The highest BCUT2D eigenvalue weighted by molar-refractivity contribution is 7.98. The van der Waals surface area contributed by atoms with Crippen LogP contribution >= 0.6 is 35.1 Å². The third-order valence-electron chi connectivity index (χ3n) is 3.95. The van der Waals surface area contributed by atoms with Crippen LogP contribution < -0.4 is 5.32 Å². The summed E-state index contributed by atoms with van der Waals surface area (Å²) in [6.07, 6.45) is 3.01. The first-order valence-electron chi connectivity index (χ1n) is 8.63. The van der Waals surface area contributed by atoms with Crippen LogP contribution in [0.1, 0.15) is 5.56 Å². The average molecular weight is 469 g/mol. The molecule has 1 N–H and O–H groups in total. The maximum absolute atomic E-state index is 13.5. The molecule has 0 unspecified atom stereocenters. The number of aromatic nitrogens is 1. The molecule has 1 aromatic heterocycles. The zero-order chi connectivity index (χ0) is 21.8. The lowest BCUT2D eigenvalue weighted by Gasteiger charge is -2.11. The summed E-state index contributed by atoms with van der Waals surface area (Å²) >= 11 is 13.4. The summed E-state index contributed by atoms with van der Waals surface area (Å²) in [5.74, 6) is -2.58. The van der Waals surface area contributed by atoms with E-state index in [0.29, 0.717) is 11.1 Å². The Hall–Kier alpha value is -2.42. The van der Waals surface area contributed by atoms with Gasteiger partial charge in [-0.05, 0) is 35.9 Å². The molecular formula is C20H16Cl2F2N4OS. The number of amides is 1. The molecule has 2 aromatic carbocycles. The number of rotatable bonds is 6. The number of benzene rings is 2. The summed E-state index contributed by atoms with van der Waals surface area (Å²) < 4.78 is 31.0. The van der Waals surface area contributed by atoms with Gasteiger partial charge in [-0.3, -0.25) is 4.79 Å². The maximum Gasteiger partial charge on any atom is 0.228 e. The van der Waals surface area contributed by atoms with Crippen molar-refractivity contribution in [1.82, 2.24) is 9.88 Å². The van der Waals surface area contributed by atoms with Gasteiger partial charge in [-0.15, -0.1) is 0 Å². The smallest absolute Gasteiger partial charge is 0.228 e. The van der Waals surface area contributed by atoms with Crippen molar-refractivity contribution in [3.05, 3.63) is 63.9 Å². The first kappa shape index (κ1) is 22.3. The maximum atomic E-state index is 13.5. The van der Waals surface area contributed by atoms with Crippen LogP contribution in [-0.4, -0.2) is 36.2 Å². The van der Waals surface area contributed by atoms with Crippen molar-refractivity contribution >= 4 is 63.9 Å². The van der Waals surface area contributed by atoms with Crippen molar-refractivity contribution in [2.75, 3.05) is 19.4 Å². The normalized spacial score (nSPS) is 11.3. The highest BCUT2D eigenvalue weighted by Gasteiger charge is 2.14. The van der Waals surface area contributed by atoms with Gasteiger partial charge in [0.05, 0.1) is 12.8 Å². The van der Waals surface area contributed by atoms with E-state index in [2.05, 4.69) is 14.7 Å². The molecule has 0 aliphatic heterocycles. The first-order valence-corrected chi connectivity index (χ1v) is 10.2. The van der Waals surface area contributed by atoms with E-state index >= 15 is 0 Å². The molecule has 1 heterocycles. The number of pyridine rings is 1. The monoisotopic (exact) mass is 468 g/mol. The predicted molar refractivity (Wildman–Crippen MR) is 118 cm³/mol. The zero-order valence-electron chi connectivity index (χ0n) is 15.9. The number of hydrogen-bond donors (Lipinski definition) is 1. The highest BCUT2D eigenvalue weighted by atomic mass is 35.5. The van der Waals surface area contributed by atoms with Crippen LogP contribution in [-0.2, 0) is 11.2 Å². The van der Waals surface area contributed by atoms with Crippen molar-refractivity contribution in [2.45, 2.75) is 11.3 Å². The second-order valence-corrected chi connectivity index (χ2v) is 8.13. The lowest BCUT2D eigenvalue weighted by molar-refractivity contribution is -0.115. The molecule has 0 radical (unpaired) electrons. The van der Waals surface area contributed by atoms with Gasteiger partial charge in [-0.1, -0.05) is 23.2 Å². The van der Waals surface area contributed by atoms with Crippen molar-refractivity contribution < 1.29 is 13.6 Å². The van der Waals surface area contributed by atoms with Crippen molar-refractivity contribution in [3.8, 4) is 0 Å². The van der Waals surface area contributed by atoms with Crippen LogP contribution in [0.3, 0.4) is 0 Å². The van der Waals surface area contributed by atoms with E-state index in [1.165, 1.54) is 11.9 Å². The van der Waals surface area contributed by atoms with Gasteiger partial charge < -0.3 is 10.2 Å². The molecule has 0 fully saturated rings. The number of anilines is 1. The molecule has 1 amide bonds. The second-order valence-electron chi connectivity index (χ2n) is 6.53. The van der Waals surface area contributed by atoms with Gasteiger partial charge >= 0.3 is 0 Å². The molecule has 3 aromatic rings. The highest BCUT2D eigenvalue weighted by Crippen LogP contribution is 2.34. The van der Waals surface area contributed by atoms with E-state index < -0.39 is 17.5 Å². The third kappa shape index (κ3) is 5.38. The van der Waals surface area contributed by atoms with Gasteiger partial charge in [0, 0.05) is 58.6 Å². The molecule has 0 saturated heterocycles. The van der Waals surface area contributed by atoms with Crippen LogP contribution in [0, 0.1) is 11.6 Å². The van der Waals surface area contributed by atoms with E-state index in [1.807, 2.05) is 14.1 Å². The van der Waals surface area contributed by atoms with Crippen molar-refractivity contribution in [2.24, 2.45) is 4.40 Å². The summed E-state index contributed by atoms with van der Waals surface area (Å²) in [6, 6.07) is 7.01. The lowest BCUT2D eigenvalue weighted by Crippen LogP contribution is -2.15. The minimum absolute atomic E-state index is 0.0240. The van der Waals surface area contributed by atoms with Crippen molar-refractivity contribution in [1.29, 1.82) is 0 Å². The Morgan fingerprint density at radius 2 is 1.93 bits per heavy atom. The van der Waals surface area contributed by atoms with Gasteiger partial charge in [-0.2, -0.15) is 0 Å². The van der Waals surface area contributed by atoms with Gasteiger partial charge in [0.15, 0.2) is 11.6 Å². The Kier molecular flexibility index (Phi) is 7.12. The molecule has 3 rings (SSSR count). The fourth-order valence-corrected chi connectivity index (χ4v) is 3.85. The van der Waals surface area contributed by atoms with Gasteiger partial charge in [0.2, 0.25) is 5.91 Å². The number of fused-ring (bicyclic) bond motifs is 1. The number of carbonyl (C=O) groups excluding carboxylic acids is 1. The standard InChI is InChI=1S/C20H16Cl2F2N4OS/c1-28(2)10-26-30-18-8-12(7-14-13(18)3-4-25-20(14)22)27-19(29)6-11-5-16(23)17(24)9-15(11)21/h3-5,7-10H,6H2,1-2H3,(H,27,29). The predicted octanol–water partition coefficient (Wildman–Crippen LogP) is 5.60. The fourth-order valence-electron chi connectivity index (χ4n) is 2.62. The molecular weight excluding hydrogens is 453 g/mol. The van der Waals surface area contributed by atoms with Gasteiger partial charge in [0.1, 0.15) is 5.15 Å². The molecule has 0 spiro atoms. The first-order chi connectivity index (χ1) is 14.2. The molecule has 156 valence electrons. The van der Waals surface area contributed by atoms with E-state index in [9.17, 15) is 13.6 Å². The SMILES string of the molecule is CN(C)C=NSc1cc(NC(=O)Cc2cc(F)c(F)cc2Cl)cc2c(Cl)nccc12. The molecule has 0 saturated carbocycles. The van der Waals surface area contributed by atoms with E-state index in [4.69, 9.17) is 23.2 Å². The average Bonchev–Trinajstić information content (AvgIpc) is 2.66. The molecule has 0 atom stereocenters. The molecule has 10 heteroatoms. The van der Waals surface area contributed by atoms with Crippen LogP contribution in [0.2, 0.25) is 10.2 Å². The molecule has 5 nitrogen and oxygen atoms in total. The lowest BCUT2D eigenvalue weighted by atomic mass is 10.1. The number of halogens is 4. The summed E-state index contributed by atoms with van der Waals surface area (Å²) in [7, 11) is 3.70. The Morgan fingerprint density at radius 1 is 1.20 bits per heavy atom. The van der Waals surface area contributed by atoms with Crippen LogP contribution in [0.5, 0.6) is 0 Å². The Balaban J connectivity index is 1.89. The van der Waals surface area contributed by atoms with Crippen LogP contribution in [0.4, 0.5) is 14.5 Å². The number of nitrogens with zero attached hydrogens (tertiary/aromatic N) is 3. The van der Waals surface area contributed by atoms with Crippen molar-refractivity contribution in [3.63, 3.8) is 0 Å². The molecule has 30 heavy (non-hydrogen) atoms. The van der Waals surface area contributed by atoms with E-state index in [-0.39, 0.29) is 22.2 Å². The van der Waals surface area contributed by atoms with Gasteiger partial charge in [0.25, 0.3) is 0 Å². The fraction of sp³-hybridized carbons (Fsp3) is 0.150. The molecule has 0 aliphatic carbocycles. The quantitative estimate of drug-likeness (QED) is 0.168. The summed E-state index contributed by atoms with van der Waals surface area (Å²) in [5, 5.41) is 4.47. The number of hydrogen-bond acceptors (Lipinski definition) is 4. The minimum Gasteiger partial charge on any atom is -0.368 e. The second kappa shape index (κ2) is 9.59. The van der Waals surface area contributed by atoms with Crippen LogP contribution in [0.15, 0.2) is 45.8 Å². The third-order valence-corrected chi connectivity index (χ3v) is 5.33. The largest absolute Gasteiger partial charge is 0.368 e. The number of carbonyl (C=O) groups is 1. The van der Waals surface area contributed by atoms with Crippen LogP contribution in [0.25, 0.3) is 10.8 Å². The molecule has 0 aliphatic rings. The summed E-state index contributed by atoms with van der Waals surface area (Å²) in [6.45, 7) is 0. The van der Waals surface area contributed by atoms with E-state index in [1.54, 1.807) is 35.6 Å². The Morgan fingerprint density at radius 3 is 2.67 bits per heavy atom.